The molecule has 2 rings (SSSR count). The van der Waals surface area contributed by atoms with Crippen molar-refractivity contribution in [2.24, 2.45) is 0 Å². The van der Waals surface area contributed by atoms with E-state index in [2.05, 4.69) is 15.6 Å². The van der Waals surface area contributed by atoms with Crippen LogP contribution in [0.25, 0.3) is 0 Å². The van der Waals surface area contributed by atoms with E-state index in [0.717, 1.165) is 5.56 Å². The number of hydrogen-bond acceptors (Lipinski definition) is 3. The minimum Gasteiger partial charge on any atom is -0.350 e. The fraction of sp³-hybridized carbons (Fsp3) is 0.188. The number of nitrogens with one attached hydrogen (secondary N) is 2. The summed E-state index contributed by atoms with van der Waals surface area (Å²) in [6.07, 6.45) is 3.32. The highest BCUT2D eigenvalue weighted by Gasteiger charge is 2.18. The van der Waals surface area contributed by atoms with E-state index in [-0.39, 0.29) is 21.5 Å². The number of carbonyl (C=O) groups is 2. The number of amides is 2. The van der Waals surface area contributed by atoms with Gasteiger partial charge in [-0.1, -0.05) is 35.3 Å². The third-order valence-electron chi connectivity index (χ3n) is 3.13. The molecule has 120 valence electrons. The predicted molar refractivity (Wildman–Crippen MR) is 89.5 cm³/mol. The summed E-state index contributed by atoms with van der Waals surface area (Å²) in [6, 6.07) is 7.68. The van der Waals surface area contributed by atoms with E-state index in [1.54, 1.807) is 43.6 Å². The van der Waals surface area contributed by atoms with Gasteiger partial charge in [-0.25, -0.2) is 0 Å². The maximum Gasteiger partial charge on any atom is 0.253 e. The van der Waals surface area contributed by atoms with Gasteiger partial charge in [0.05, 0.1) is 15.6 Å². The van der Waals surface area contributed by atoms with Crippen molar-refractivity contribution in [1.82, 2.24) is 15.6 Å². The number of benzene rings is 1. The zero-order valence-corrected chi connectivity index (χ0v) is 13.9. The highest BCUT2D eigenvalue weighted by atomic mass is 35.5. The predicted octanol–water partition coefficient (Wildman–Crippen LogP) is 2.82. The molecule has 0 aliphatic carbocycles. The first-order valence-corrected chi connectivity index (χ1v) is 7.66. The molecule has 0 saturated heterocycles. The summed E-state index contributed by atoms with van der Waals surface area (Å²) in [4.78, 5) is 28.2. The lowest BCUT2D eigenvalue weighted by molar-refractivity contribution is -0.122. The fourth-order valence-corrected chi connectivity index (χ4v) is 2.25. The van der Waals surface area contributed by atoms with Gasteiger partial charge < -0.3 is 10.6 Å². The van der Waals surface area contributed by atoms with Crippen molar-refractivity contribution in [3.05, 3.63) is 63.9 Å². The highest BCUT2D eigenvalue weighted by Crippen LogP contribution is 2.25. The largest absolute Gasteiger partial charge is 0.350 e. The second kappa shape index (κ2) is 7.94. The standard InChI is InChI=1S/C16H15Cl2N3O2/c1-10(15(22)20-9-11-4-3-7-19-8-11)21-16(23)12-5-2-6-13(17)14(12)18/h2-8,10H,9H2,1H3,(H,20,22)(H,21,23). The Morgan fingerprint density at radius 1 is 1.22 bits per heavy atom. The Bertz CT molecular complexity index is 708. The minimum absolute atomic E-state index is 0.162. The molecule has 0 saturated carbocycles. The molecule has 0 radical (unpaired) electrons. The summed E-state index contributed by atoms with van der Waals surface area (Å²) in [5.41, 5.74) is 1.10. The van der Waals surface area contributed by atoms with Crippen LogP contribution in [0.3, 0.4) is 0 Å². The number of carbonyl (C=O) groups excluding carboxylic acids is 2. The zero-order chi connectivity index (χ0) is 16.8. The lowest BCUT2D eigenvalue weighted by Gasteiger charge is -2.15. The van der Waals surface area contributed by atoms with Crippen LogP contribution in [0, 0.1) is 0 Å². The molecule has 2 amide bonds. The summed E-state index contributed by atoms with van der Waals surface area (Å²) in [5, 5.41) is 5.77. The third kappa shape index (κ3) is 4.68. The number of aromatic nitrogens is 1. The minimum atomic E-state index is -0.714. The van der Waals surface area contributed by atoms with Crippen molar-refractivity contribution in [2.75, 3.05) is 0 Å². The average molecular weight is 352 g/mol. The molecule has 2 aromatic rings. The maximum atomic E-state index is 12.2. The summed E-state index contributed by atoms with van der Waals surface area (Å²) in [6.45, 7) is 1.93. The number of halogens is 2. The Morgan fingerprint density at radius 3 is 2.70 bits per heavy atom. The number of pyridine rings is 1. The molecule has 0 bridgehead atoms. The quantitative estimate of drug-likeness (QED) is 0.869. The van der Waals surface area contributed by atoms with E-state index in [0.29, 0.717) is 6.54 Å². The molecule has 7 heteroatoms. The molecule has 0 fully saturated rings. The van der Waals surface area contributed by atoms with Crippen molar-refractivity contribution in [3.8, 4) is 0 Å². The molecular weight excluding hydrogens is 337 g/mol. The summed E-state index contributed by atoms with van der Waals surface area (Å²) in [7, 11) is 0. The highest BCUT2D eigenvalue weighted by molar-refractivity contribution is 6.43. The van der Waals surface area contributed by atoms with Crippen LogP contribution in [0.5, 0.6) is 0 Å². The Balaban J connectivity index is 1.92. The van der Waals surface area contributed by atoms with Crippen LogP contribution in [0.15, 0.2) is 42.7 Å². The third-order valence-corrected chi connectivity index (χ3v) is 3.95. The molecule has 1 aromatic carbocycles. The van der Waals surface area contributed by atoms with Gasteiger partial charge in [-0.15, -0.1) is 0 Å². The van der Waals surface area contributed by atoms with Crippen molar-refractivity contribution in [1.29, 1.82) is 0 Å². The first-order valence-electron chi connectivity index (χ1n) is 6.90. The molecule has 1 atom stereocenters. The van der Waals surface area contributed by atoms with E-state index in [1.807, 2.05) is 6.07 Å². The van der Waals surface area contributed by atoms with Crippen LogP contribution < -0.4 is 10.6 Å². The SMILES string of the molecule is CC(NC(=O)c1cccc(Cl)c1Cl)C(=O)NCc1cccnc1. The van der Waals surface area contributed by atoms with Gasteiger partial charge in [0.2, 0.25) is 5.91 Å². The van der Waals surface area contributed by atoms with E-state index in [9.17, 15) is 9.59 Å². The first kappa shape index (κ1) is 17.2. The Kier molecular flexibility index (Phi) is 5.96. The summed E-state index contributed by atoms with van der Waals surface area (Å²) >= 11 is 11.9. The van der Waals surface area contributed by atoms with E-state index in [4.69, 9.17) is 23.2 Å². The molecular formula is C16H15Cl2N3O2. The topological polar surface area (TPSA) is 71.1 Å². The molecule has 0 aliphatic rings. The van der Waals surface area contributed by atoms with Gasteiger partial charge in [0.15, 0.2) is 0 Å². The smallest absolute Gasteiger partial charge is 0.253 e. The van der Waals surface area contributed by atoms with Crippen LogP contribution in [0.1, 0.15) is 22.8 Å². The molecule has 1 aromatic heterocycles. The van der Waals surface area contributed by atoms with E-state index in [1.165, 1.54) is 0 Å². The molecule has 1 heterocycles. The molecule has 2 N–H and O–H groups in total. The van der Waals surface area contributed by atoms with Gasteiger partial charge in [0, 0.05) is 18.9 Å². The number of nitrogens with zero attached hydrogens (tertiary/aromatic N) is 1. The van der Waals surface area contributed by atoms with Crippen LogP contribution in [-0.2, 0) is 11.3 Å². The van der Waals surface area contributed by atoms with Crippen LogP contribution in [-0.4, -0.2) is 22.8 Å². The summed E-state index contributed by atoms with van der Waals surface area (Å²) in [5.74, 6) is -0.762. The van der Waals surface area contributed by atoms with Gasteiger partial charge in [-0.2, -0.15) is 0 Å². The molecule has 0 aliphatic heterocycles. The molecule has 23 heavy (non-hydrogen) atoms. The van der Waals surface area contributed by atoms with Crippen LogP contribution >= 0.6 is 23.2 Å². The van der Waals surface area contributed by atoms with Crippen molar-refractivity contribution >= 4 is 35.0 Å². The average Bonchev–Trinajstić information content (AvgIpc) is 2.55. The fourth-order valence-electron chi connectivity index (χ4n) is 1.86. The van der Waals surface area contributed by atoms with Gasteiger partial charge >= 0.3 is 0 Å². The van der Waals surface area contributed by atoms with E-state index >= 15 is 0 Å². The van der Waals surface area contributed by atoms with Crippen molar-refractivity contribution in [2.45, 2.75) is 19.5 Å². The maximum absolute atomic E-state index is 12.2. The Hall–Kier alpha value is -2.11. The van der Waals surface area contributed by atoms with Gasteiger partial charge in [0.1, 0.15) is 6.04 Å². The van der Waals surface area contributed by atoms with Crippen LogP contribution in [0.2, 0.25) is 10.0 Å². The van der Waals surface area contributed by atoms with Crippen molar-refractivity contribution in [3.63, 3.8) is 0 Å². The van der Waals surface area contributed by atoms with Crippen LogP contribution in [0.4, 0.5) is 0 Å². The summed E-state index contributed by atoms with van der Waals surface area (Å²) < 4.78 is 0. The monoisotopic (exact) mass is 351 g/mol. The van der Waals surface area contributed by atoms with Gasteiger partial charge in [0.25, 0.3) is 5.91 Å². The Labute approximate surface area is 144 Å². The lowest BCUT2D eigenvalue weighted by Crippen LogP contribution is -2.44. The van der Waals surface area contributed by atoms with Crippen molar-refractivity contribution < 1.29 is 9.59 Å². The van der Waals surface area contributed by atoms with Gasteiger partial charge in [-0.3, -0.25) is 14.6 Å². The normalized spacial score (nSPS) is 11.6. The number of rotatable bonds is 5. The zero-order valence-electron chi connectivity index (χ0n) is 12.3. The second-order valence-corrected chi connectivity index (χ2v) is 5.66. The van der Waals surface area contributed by atoms with E-state index < -0.39 is 11.9 Å². The lowest BCUT2D eigenvalue weighted by atomic mass is 10.2. The Morgan fingerprint density at radius 2 is 2.00 bits per heavy atom. The first-order chi connectivity index (χ1) is 11.0. The number of hydrogen-bond donors (Lipinski definition) is 2. The molecule has 5 nitrogen and oxygen atoms in total. The molecule has 0 spiro atoms. The van der Waals surface area contributed by atoms with Gasteiger partial charge in [-0.05, 0) is 30.7 Å². The molecule has 1 unspecified atom stereocenters. The second-order valence-electron chi connectivity index (χ2n) is 4.88.